The van der Waals surface area contributed by atoms with E-state index in [1.807, 2.05) is 6.07 Å². The third kappa shape index (κ3) is 4.71. The van der Waals surface area contributed by atoms with Crippen molar-refractivity contribution in [1.82, 2.24) is 5.32 Å². The molecular formula is C13H20N2O3. The Hall–Kier alpha value is -1.62. The topological polar surface area (TPSA) is 64.4 Å². The Kier molecular flexibility index (Phi) is 5.58. The van der Waals surface area contributed by atoms with Gasteiger partial charge in [-0.2, -0.15) is 0 Å². The number of ether oxygens (including phenoxy) is 1. The minimum atomic E-state index is -0.403. The normalized spacial score (nSPS) is 10.7. The molecule has 0 aliphatic carbocycles. The molecule has 0 amide bonds. The molecule has 0 aromatic heterocycles. The summed E-state index contributed by atoms with van der Waals surface area (Å²) in [5.41, 5.74) is 0.930. The van der Waals surface area contributed by atoms with E-state index in [2.05, 4.69) is 19.2 Å². The first-order chi connectivity index (χ1) is 8.52. The summed E-state index contributed by atoms with van der Waals surface area (Å²) in [6.45, 7) is 5.85. The maximum Gasteiger partial charge on any atom is 0.273 e. The van der Waals surface area contributed by atoms with Crippen LogP contribution >= 0.6 is 0 Å². The summed E-state index contributed by atoms with van der Waals surface area (Å²) in [5, 5.41) is 14.0. The zero-order valence-corrected chi connectivity index (χ0v) is 11.1. The first kappa shape index (κ1) is 14.4. The van der Waals surface area contributed by atoms with Crippen LogP contribution in [0, 0.1) is 16.0 Å². The van der Waals surface area contributed by atoms with E-state index in [-0.39, 0.29) is 5.69 Å². The number of nitro groups is 1. The van der Waals surface area contributed by atoms with Crippen LogP contribution in [-0.4, -0.2) is 18.6 Å². The highest BCUT2D eigenvalue weighted by atomic mass is 16.6. The van der Waals surface area contributed by atoms with E-state index in [1.165, 1.54) is 13.2 Å². The molecule has 0 saturated carbocycles. The highest BCUT2D eigenvalue weighted by molar-refractivity contribution is 5.42. The van der Waals surface area contributed by atoms with Crippen LogP contribution in [0.5, 0.6) is 5.75 Å². The Morgan fingerprint density at radius 3 is 2.67 bits per heavy atom. The maximum atomic E-state index is 10.8. The maximum absolute atomic E-state index is 10.8. The standard InChI is InChI=1S/C13H20N2O3/c1-10(2)4-5-14-9-11-6-12(15(16)17)8-13(7-11)18-3/h6-8,10,14H,4-5,9H2,1-3H3. The van der Waals surface area contributed by atoms with Crippen molar-refractivity contribution in [3.05, 3.63) is 33.9 Å². The Balaban J connectivity index is 2.64. The summed E-state index contributed by atoms with van der Waals surface area (Å²) in [4.78, 5) is 10.4. The van der Waals surface area contributed by atoms with Gasteiger partial charge in [-0.05, 0) is 30.5 Å². The monoisotopic (exact) mass is 252 g/mol. The van der Waals surface area contributed by atoms with Crippen LogP contribution in [0.3, 0.4) is 0 Å². The molecule has 0 heterocycles. The van der Waals surface area contributed by atoms with E-state index in [0.717, 1.165) is 18.5 Å². The molecule has 1 aromatic rings. The fourth-order valence-corrected chi connectivity index (χ4v) is 1.59. The van der Waals surface area contributed by atoms with Gasteiger partial charge in [-0.1, -0.05) is 13.8 Å². The highest BCUT2D eigenvalue weighted by Gasteiger charge is 2.09. The van der Waals surface area contributed by atoms with Gasteiger partial charge >= 0.3 is 0 Å². The van der Waals surface area contributed by atoms with E-state index in [1.54, 1.807) is 6.07 Å². The smallest absolute Gasteiger partial charge is 0.273 e. The Morgan fingerprint density at radius 2 is 2.11 bits per heavy atom. The Bertz CT molecular complexity index is 405. The number of nitrogens with one attached hydrogen (secondary N) is 1. The lowest BCUT2D eigenvalue weighted by Gasteiger charge is -2.08. The van der Waals surface area contributed by atoms with Crippen molar-refractivity contribution in [2.45, 2.75) is 26.8 Å². The Labute approximate surface area is 107 Å². The second-order valence-electron chi connectivity index (χ2n) is 4.66. The lowest BCUT2D eigenvalue weighted by atomic mass is 10.1. The summed E-state index contributed by atoms with van der Waals surface area (Å²) in [6.07, 6.45) is 1.09. The first-order valence-corrected chi connectivity index (χ1v) is 6.06. The molecule has 1 N–H and O–H groups in total. The fourth-order valence-electron chi connectivity index (χ4n) is 1.59. The van der Waals surface area contributed by atoms with Crippen LogP contribution in [0.4, 0.5) is 5.69 Å². The van der Waals surface area contributed by atoms with Crippen molar-refractivity contribution in [3.8, 4) is 5.75 Å². The van der Waals surface area contributed by atoms with Gasteiger partial charge in [-0.25, -0.2) is 0 Å². The summed E-state index contributed by atoms with van der Waals surface area (Å²) in [6, 6.07) is 4.82. The van der Waals surface area contributed by atoms with E-state index < -0.39 is 4.92 Å². The largest absolute Gasteiger partial charge is 0.496 e. The predicted octanol–water partition coefficient (Wildman–Crippen LogP) is 2.74. The zero-order valence-electron chi connectivity index (χ0n) is 11.1. The first-order valence-electron chi connectivity index (χ1n) is 6.06. The molecule has 0 aliphatic rings. The summed E-state index contributed by atoms with van der Waals surface area (Å²) >= 11 is 0. The van der Waals surface area contributed by atoms with Gasteiger partial charge in [0.15, 0.2) is 0 Å². The molecular weight excluding hydrogens is 232 g/mol. The van der Waals surface area contributed by atoms with E-state index in [9.17, 15) is 10.1 Å². The van der Waals surface area contributed by atoms with Crippen LogP contribution < -0.4 is 10.1 Å². The van der Waals surface area contributed by atoms with E-state index in [0.29, 0.717) is 18.2 Å². The Morgan fingerprint density at radius 1 is 1.39 bits per heavy atom. The fraction of sp³-hybridized carbons (Fsp3) is 0.538. The minimum Gasteiger partial charge on any atom is -0.496 e. The quantitative estimate of drug-likeness (QED) is 0.460. The number of rotatable bonds is 7. The van der Waals surface area contributed by atoms with Gasteiger partial charge in [-0.15, -0.1) is 0 Å². The summed E-state index contributed by atoms with van der Waals surface area (Å²) < 4.78 is 5.06. The van der Waals surface area contributed by atoms with Crippen LogP contribution in [-0.2, 0) is 6.54 Å². The second-order valence-corrected chi connectivity index (χ2v) is 4.66. The van der Waals surface area contributed by atoms with Crippen LogP contribution in [0.1, 0.15) is 25.8 Å². The number of benzene rings is 1. The molecule has 0 fully saturated rings. The molecule has 0 spiro atoms. The average molecular weight is 252 g/mol. The number of nitro benzene ring substituents is 1. The molecule has 5 nitrogen and oxygen atoms in total. The average Bonchev–Trinajstić information content (AvgIpc) is 2.34. The molecule has 0 bridgehead atoms. The van der Waals surface area contributed by atoms with E-state index >= 15 is 0 Å². The SMILES string of the molecule is COc1cc(CNCCC(C)C)cc([N+](=O)[O-])c1. The predicted molar refractivity (Wildman–Crippen MR) is 70.8 cm³/mol. The van der Waals surface area contributed by atoms with Gasteiger partial charge in [0.2, 0.25) is 0 Å². The number of hydrogen-bond donors (Lipinski definition) is 1. The van der Waals surface area contributed by atoms with Gasteiger partial charge in [-0.3, -0.25) is 10.1 Å². The number of hydrogen-bond acceptors (Lipinski definition) is 4. The molecule has 5 heteroatoms. The van der Waals surface area contributed by atoms with Crippen molar-refractivity contribution < 1.29 is 9.66 Å². The van der Waals surface area contributed by atoms with Gasteiger partial charge in [0.25, 0.3) is 5.69 Å². The third-order valence-corrected chi connectivity index (χ3v) is 2.63. The summed E-state index contributed by atoms with van der Waals surface area (Å²) in [5.74, 6) is 1.17. The van der Waals surface area contributed by atoms with Crippen molar-refractivity contribution in [3.63, 3.8) is 0 Å². The second kappa shape index (κ2) is 6.96. The van der Waals surface area contributed by atoms with Gasteiger partial charge < -0.3 is 10.1 Å². The van der Waals surface area contributed by atoms with E-state index in [4.69, 9.17) is 4.74 Å². The van der Waals surface area contributed by atoms with Crippen molar-refractivity contribution in [2.24, 2.45) is 5.92 Å². The minimum absolute atomic E-state index is 0.0648. The van der Waals surface area contributed by atoms with Crippen LogP contribution in [0.25, 0.3) is 0 Å². The molecule has 0 unspecified atom stereocenters. The summed E-state index contributed by atoms with van der Waals surface area (Å²) in [7, 11) is 1.51. The number of nitrogens with zero attached hydrogens (tertiary/aromatic N) is 1. The molecule has 100 valence electrons. The number of non-ortho nitro benzene ring substituents is 1. The molecule has 1 rings (SSSR count). The third-order valence-electron chi connectivity index (χ3n) is 2.63. The van der Waals surface area contributed by atoms with Crippen molar-refractivity contribution in [1.29, 1.82) is 0 Å². The van der Waals surface area contributed by atoms with Gasteiger partial charge in [0.1, 0.15) is 5.75 Å². The van der Waals surface area contributed by atoms with Crippen LogP contribution in [0.15, 0.2) is 18.2 Å². The molecule has 0 saturated heterocycles. The zero-order chi connectivity index (χ0) is 13.5. The molecule has 0 atom stereocenters. The lowest BCUT2D eigenvalue weighted by Crippen LogP contribution is -2.16. The van der Waals surface area contributed by atoms with Gasteiger partial charge in [0, 0.05) is 12.6 Å². The number of methoxy groups -OCH3 is 1. The highest BCUT2D eigenvalue weighted by Crippen LogP contribution is 2.22. The molecule has 0 aliphatic heterocycles. The lowest BCUT2D eigenvalue weighted by molar-refractivity contribution is -0.385. The van der Waals surface area contributed by atoms with Crippen LogP contribution in [0.2, 0.25) is 0 Å². The molecule has 0 radical (unpaired) electrons. The van der Waals surface area contributed by atoms with Crippen molar-refractivity contribution in [2.75, 3.05) is 13.7 Å². The molecule has 18 heavy (non-hydrogen) atoms. The van der Waals surface area contributed by atoms with Gasteiger partial charge in [0.05, 0.1) is 18.1 Å². The molecule has 1 aromatic carbocycles. The van der Waals surface area contributed by atoms with Crippen molar-refractivity contribution >= 4 is 5.69 Å².